The number of carbonyl (C=O) groups excluding carboxylic acids is 5. The van der Waals surface area contributed by atoms with Gasteiger partial charge in [0.25, 0.3) is 18.3 Å². The maximum absolute atomic E-state index is 12.5. The van der Waals surface area contributed by atoms with Gasteiger partial charge in [0.2, 0.25) is 11.6 Å². The van der Waals surface area contributed by atoms with Crippen LogP contribution in [0.4, 0.5) is 0 Å². The highest BCUT2D eigenvalue weighted by molar-refractivity contribution is 6.38. The van der Waals surface area contributed by atoms with Gasteiger partial charge in [-0.2, -0.15) is 0 Å². The fourth-order valence-corrected chi connectivity index (χ4v) is 9.38. The Balaban J connectivity index is 0.000000467. The van der Waals surface area contributed by atoms with Crippen LogP contribution in [-0.4, -0.2) is 93.6 Å². The second-order valence-corrected chi connectivity index (χ2v) is 21.0. The number of aliphatic carboxylic acids is 1. The van der Waals surface area contributed by atoms with Crippen LogP contribution < -0.4 is 0 Å². The number of carboxylic acids is 1. The number of amides is 2. The minimum absolute atomic E-state index is 0.203. The fraction of sp³-hybridized carbons (Fsp3) is 0.530. The normalized spacial score (nSPS) is 15.3. The van der Waals surface area contributed by atoms with E-state index in [0.717, 1.165) is 96.4 Å². The molecule has 78 heavy (non-hydrogen) atoms. The molecule has 2 aliphatic heterocycles. The van der Waals surface area contributed by atoms with Crippen molar-refractivity contribution in [2.24, 2.45) is 5.41 Å². The number of piperidine rings is 2. The van der Waals surface area contributed by atoms with Crippen molar-refractivity contribution in [3.05, 3.63) is 144 Å². The number of ether oxygens (including phenoxy) is 1. The highest BCUT2D eigenvalue weighted by Gasteiger charge is 2.40. The summed E-state index contributed by atoms with van der Waals surface area (Å²) in [6, 6.07) is 28.6. The molecule has 2 N–H and O–H groups in total. The molecule has 2 heterocycles. The first kappa shape index (κ1) is 67.7. The van der Waals surface area contributed by atoms with Gasteiger partial charge in [-0.05, 0) is 139 Å². The molecule has 0 aliphatic carbocycles. The first-order valence-corrected chi connectivity index (χ1v) is 28.9. The number of hydrogen-bond donors (Lipinski definition) is 2. The Morgan fingerprint density at radius 3 is 1.73 bits per heavy atom. The van der Waals surface area contributed by atoms with Crippen LogP contribution in [0.3, 0.4) is 0 Å². The van der Waals surface area contributed by atoms with Crippen LogP contribution in [0, 0.1) is 5.41 Å². The zero-order valence-electron chi connectivity index (χ0n) is 48.0. The summed E-state index contributed by atoms with van der Waals surface area (Å²) in [6.07, 6.45) is 31.6. The predicted octanol–water partition coefficient (Wildman–Crippen LogP) is 14.1. The standard InChI is InChI=1S/C37H55NO4.C15H16.C13H21NO4.CH2O2/c1-4-6-22-32(5-2)23-19-24-33-25-20-26-34(30-33)37(41)42-29-18-14-12-10-8-7-9-11-13-15-27-35(39)36(40)38-28-17-16-21-31(38)3;1-3-8-14(9-4-1)12-7-13-15-10-5-2-6-11-15;1-4-13(2,3)10(15)11(16)14-8-6-5-7-9(14)12(17)18;2-1-3/h4-6,20,22,25-26,30-31H,1,7-19,21,23-24,27-29H2,2-3H3;1-6,8-11H,7,12-13H2;9H,4-8H2,1-3H3,(H,17,18);1H,(H,2,3)/b22-6-,32-5+;;;. The lowest BCUT2D eigenvalue weighted by atomic mass is 9.84. The van der Waals surface area contributed by atoms with Crippen molar-refractivity contribution in [2.75, 3.05) is 19.7 Å². The Morgan fingerprint density at radius 1 is 0.667 bits per heavy atom. The summed E-state index contributed by atoms with van der Waals surface area (Å²) in [6.45, 7) is 14.4. The molecule has 0 spiro atoms. The zero-order valence-corrected chi connectivity index (χ0v) is 48.0. The number of nitrogens with zero attached hydrogens (tertiary/aromatic N) is 2. The lowest BCUT2D eigenvalue weighted by Crippen LogP contribution is -2.52. The molecule has 3 aromatic rings. The number of unbranched alkanes of at least 4 members (excludes halogenated alkanes) is 9. The summed E-state index contributed by atoms with van der Waals surface area (Å²) in [5.74, 6) is -2.85. The van der Waals surface area contributed by atoms with Crippen LogP contribution in [0.25, 0.3) is 0 Å². The summed E-state index contributed by atoms with van der Waals surface area (Å²) < 4.78 is 5.53. The van der Waals surface area contributed by atoms with Gasteiger partial charge in [-0.3, -0.25) is 24.0 Å². The van der Waals surface area contributed by atoms with Crippen LogP contribution in [0.2, 0.25) is 0 Å². The van der Waals surface area contributed by atoms with Gasteiger partial charge in [0.05, 0.1) is 12.2 Å². The Hall–Kier alpha value is -6.43. The number of allylic oxidation sites excluding steroid dienone is 5. The van der Waals surface area contributed by atoms with Gasteiger partial charge in [0, 0.05) is 31.0 Å². The minimum atomic E-state index is -1.02. The Kier molecular flexibility index (Phi) is 35.3. The summed E-state index contributed by atoms with van der Waals surface area (Å²) in [5.41, 5.74) is 5.25. The monoisotopic (exact) mass is 1070 g/mol. The molecule has 12 nitrogen and oxygen atoms in total. The molecule has 0 aromatic heterocycles. The van der Waals surface area contributed by atoms with Crippen molar-refractivity contribution in [3.8, 4) is 0 Å². The second kappa shape index (κ2) is 40.7. The molecule has 2 atom stereocenters. The Bertz CT molecular complexity index is 2250. The van der Waals surface area contributed by atoms with Crippen molar-refractivity contribution in [1.29, 1.82) is 0 Å². The van der Waals surface area contributed by atoms with E-state index >= 15 is 0 Å². The largest absolute Gasteiger partial charge is 0.483 e. The van der Waals surface area contributed by atoms with E-state index in [2.05, 4.69) is 92.4 Å². The third-order valence-electron chi connectivity index (χ3n) is 14.6. The van der Waals surface area contributed by atoms with Crippen LogP contribution in [0.15, 0.2) is 121 Å². The van der Waals surface area contributed by atoms with E-state index in [4.69, 9.17) is 19.7 Å². The average molecular weight is 1080 g/mol. The van der Waals surface area contributed by atoms with Gasteiger partial charge in [-0.25, -0.2) is 9.59 Å². The smallest absolute Gasteiger partial charge is 0.338 e. The van der Waals surface area contributed by atoms with E-state index in [-0.39, 0.29) is 30.2 Å². The summed E-state index contributed by atoms with van der Waals surface area (Å²) in [7, 11) is 0. The molecule has 12 heteroatoms. The predicted molar refractivity (Wildman–Crippen MR) is 313 cm³/mol. The molecule has 428 valence electrons. The molecular weight excluding hydrogens is 981 g/mol. The number of hydrogen-bond acceptors (Lipinski definition) is 8. The molecule has 2 aliphatic rings. The number of rotatable bonds is 29. The number of likely N-dealkylation sites (tertiary alicyclic amines) is 2. The summed E-state index contributed by atoms with van der Waals surface area (Å²) in [4.78, 5) is 83.8. The maximum Gasteiger partial charge on any atom is 0.338 e. The second-order valence-electron chi connectivity index (χ2n) is 21.0. The van der Waals surface area contributed by atoms with E-state index in [1.165, 1.54) is 72.1 Å². The quantitative estimate of drug-likeness (QED) is 0.0224. The van der Waals surface area contributed by atoms with Crippen molar-refractivity contribution in [3.63, 3.8) is 0 Å². The lowest BCUT2D eigenvalue weighted by Gasteiger charge is -2.34. The van der Waals surface area contributed by atoms with Gasteiger partial charge >= 0.3 is 11.9 Å². The van der Waals surface area contributed by atoms with E-state index in [0.29, 0.717) is 38.0 Å². The molecular formula is C66H94N2O10. The van der Waals surface area contributed by atoms with Crippen LogP contribution in [0.1, 0.15) is 197 Å². The van der Waals surface area contributed by atoms with Crippen LogP contribution in [-0.2, 0) is 52.8 Å². The topological polar surface area (TPSA) is 176 Å². The molecule has 2 amide bonds. The summed E-state index contributed by atoms with van der Waals surface area (Å²) >= 11 is 0. The molecule has 2 fully saturated rings. The third kappa shape index (κ3) is 27.8. The number of aryl methyl sites for hydroxylation is 3. The molecule has 3 aromatic carbocycles. The van der Waals surface area contributed by atoms with E-state index < -0.39 is 29.1 Å². The van der Waals surface area contributed by atoms with Crippen LogP contribution >= 0.6 is 0 Å². The number of Topliss-reactive ketones (excluding diaryl/α,β-unsaturated/α-hetero) is 2. The summed E-state index contributed by atoms with van der Waals surface area (Å²) in [5, 5.41) is 16.0. The number of carbonyl (C=O) groups is 7. The van der Waals surface area contributed by atoms with Gasteiger partial charge in [-0.1, -0.05) is 181 Å². The average Bonchev–Trinajstić information content (AvgIpc) is 3.46. The minimum Gasteiger partial charge on any atom is -0.483 e. The zero-order chi connectivity index (χ0) is 57.4. The van der Waals surface area contributed by atoms with E-state index in [9.17, 15) is 28.8 Å². The molecule has 0 bridgehead atoms. The molecule has 0 saturated carbocycles. The third-order valence-corrected chi connectivity index (χ3v) is 14.6. The van der Waals surface area contributed by atoms with Gasteiger partial charge in [0.1, 0.15) is 6.04 Å². The highest BCUT2D eigenvalue weighted by atomic mass is 16.5. The van der Waals surface area contributed by atoms with Crippen molar-refractivity contribution < 1.29 is 48.5 Å². The van der Waals surface area contributed by atoms with Crippen molar-refractivity contribution in [1.82, 2.24) is 9.80 Å². The van der Waals surface area contributed by atoms with Crippen molar-refractivity contribution >= 4 is 41.8 Å². The van der Waals surface area contributed by atoms with E-state index in [1.807, 2.05) is 38.1 Å². The maximum atomic E-state index is 12.5. The molecule has 5 rings (SSSR count). The highest BCUT2D eigenvalue weighted by Crippen LogP contribution is 2.26. The van der Waals surface area contributed by atoms with Crippen LogP contribution in [0.5, 0.6) is 0 Å². The first-order valence-electron chi connectivity index (χ1n) is 28.9. The lowest BCUT2D eigenvalue weighted by molar-refractivity contribution is -0.158. The number of benzene rings is 3. The van der Waals surface area contributed by atoms with E-state index in [1.54, 1.807) is 24.8 Å². The van der Waals surface area contributed by atoms with Crippen molar-refractivity contribution in [2.45, 2.75) is 201 Å². The molecule has 2 saturated heterocycles. The molecule has 0 radical (unpaired) electrons. The molecule has 2 unspecified atom stereocenters. The van der Waals surface area contributed by atoms with Gasteiger partial charge in [0.15, 0.2) is 0 Å². The SMILES string of the molecule is C=C/C=C\C(=C/C)CCCc1cccc(C(=O)OCCCCCCCCCCCCC(=O)C(=O)N2CCCCC2C)c1.CCC(C)(C)C(=O)C(=O)N1CCCCC1C(=O)O.O=CO.c1ccc(CCCc2ccccc2)cc1. The Labute approximate surface area is 467 Å². The van der Waals surface area contributed by atoms with Gasteiger partial charge in [-0.15, -0.1) is 0 Å². The van der Waals surface area contributed by atoms with Gasteiger partial charge < -0.3 is 24.7 Å². The fourth-order valence-electron chi connectivity index (χ4n) is 9.38. The number of carboxylic acid groups (broad SMARTS) is 2. The number of esters is 1. The first-order chi connectivity index (χ1) is 37.6. The number of ketones is 2. The Morgan fingerprint density at radius 2 is 1.19 bits per heavy atom.